The molecule has 17 heavy (non-hydrogen) atoms. The molecule has 0 bridgehead atoms. The first-order chi connectivity index (χ1) is 8.20. The highest BCUT2D eigenvalue weighted by atomic mass is 16.3. The minimum absolute atomic E-state index is 0.740. The highest BCUT2D eigenvalue weighted by molar-refractivity contribution is 5.48. The molecule has 0 aliphatic rings. The SMILES string of the molecule is CCc1ccc(NCc2occc2C)cc1C. The maximum atomic E-state index is 5.40. The van der Waals surface area contributed by atoms with Crippen molar-refractivity contribution < 1.29 is 4.42 Å². The third-order valence-corrected chi connectivity index (χ3v) is 3.14. The average molecular weight is 229 g/mol. The van der Waals surface area contributed by atoms with Gasteiger partial charge in [-0.05, 0) is 55.2 Å². The van der Waals surface area contributed by atoms with E-state index in [-0.39, 0.29) is 0 Å². The molecular formula is C15H19NO. The fourth-order valence-electron chi connectivity index (χ4n) is 1.97. The summed E-state index contributed by atoms with van der Waals surface area (Å²) in [5, 5.41) is 3.39. The van der Waals surface area contributed by atoms with Crippen molar-refractivity contribution in [3.05, 3.63) is 53.0 Å². The summed E-state index contributed by atoms with van der Waals surface area (Å²) >= 11 is 0. The quantitative estimate of drug-likeness (QED) is 0.854. The number of hydrogen-bond donors (Lipinski definition) is 1. The number of hydrogen-bond acceptors (Lipinski definition) is 2. The van der Waals surface area contributed by atoms with Crippen molar-refractivity contribution in [3.63, 3.8) is 0 Å². The van der Waals surface area contributed by atoms with Gasteiger partial charge in [0, 0.05) is 5.69 Å². The van der Waals surface area contributed by atoms with Gasteiger partial charge in [0.15, 0.2) is 0 Å². The van der Waals surface area contributed by atoms with Crippen LogP contribution in [-0.4, -0.2) is 0 Å². The van der Waals surface area contributed by atoms with Gasteiger partial charge in [-0.1, -0.05) is 13.0 Å². The molecule has 0 aliphatic carbocycles. The Hall–Kier alpha value is -1.70. The zero-order chi connectivity index (χ0) is 12.3. The zero-order valence-corrected chi connectivity index (χ0v) is 10.7. The smallest absolute Gasteiger partial charge is 0.125 e. The van der Waals surface area contributed by atoms with Gasteiger partial charge in [-0.15, -0.1) is 0 Å². The molecular weight excluding hydrogens is 210 g/mol. The number of anilines is 1. The Morgan fingerprint density at radius 1 is 1.12 bits per heavy atom. The van der Waals surface area contributed by atoms with Crippen LogP contribution in [0, 0.1) is 13.8 Å². The fraction of sp³-hybridized carbons (Fsp3) is 0.333. The van der Waals surface area contributed by atoms with Gasteiger partial charge in [-0.3, -0.25) is 0 Å². The Labute approximate surface area is 103 Å². The second kappa shape index (κ2) is 5.09. The molecule has 1 aromatic carbocycles. The van der Waals surface area contributed by atoms with E-state index in [1.807, 2.05) is 6.07 Å². The molecule has 2 nitrogen and oxygen atoms in total. The van der Waals surface area contributed by atoms with Gasteiger partial charge >= 0.3 is 0 Å². The predicted molar refractivity (Wildman–Crippen MR) is 71.3 cm³/mol. The third kappa shape index (κ3) is 2.70. The van der Waals surface area contributed by atoms with Crippen molar-refractivity contribution in [2.45, 2.75) is 33.7 Å². The van der Waals surface area contributed by atoms with Crippen molar-refractivity contribution in [1.82, 2.24) is 0 Å². The minimum Gasteiger partial charge on any atom is -0.467 e. The molecule has 0 spiro atoms. The van der Waals surface area contributed by atoms with Crippen LogP contribution in [0.3, 0.4) is 0 Å². The van der Waals surface area contributed by atoms with Crippen LogP contribution in [0.1, 0.15) is 29.4 Å². The Kier molecular flexibility index (Phi) is 3.52. The van der Waals surface area contributed by atoms with E-state index in [9.17, 15) is 0 Å². The second-order valence-electron chi connectivity index (χ2n) is 4.38. The van der Waals surface area contributed by atoms with Crippen LogP contribution in [0.15, 0.2) is 34.9 Å². The molecule has 90 valence electrons. The Morgan fingerprint density at radius 3 is 2.53 bits per heavy atom. The number of rotatable bonds is 4. The third-order valence-electron chi connectivity index (χ3n) is 3.14. The van der Waals surface area contributed by atoms with E-state index in [1.54, 1.807) is 6.26 Å². The van der Waals surface area contributed by atoms with Crippen molar-refractivity contribution in [2.75, 3.05) is 5.32 Å². The van der Waals surface area contributed by atoms with Gasteiger partial charge in [0.1, 0.15) is 5.76 Å². The summed E-state index contributed by atoms with van der Waals surface area (Å²) in [4.78, 5) is 0. The summed E-state index contributed by atoms with van der Waals surface area (Å²) < 4.78 is 5.40. The second-order valence-corrected chi connectivity index (χ2v) is 4.38. The molecule has 0 saturated heterocycles. The van der Waals surface area contributed by atoms with Crippen LogP contribution in [-0.2, 0) is 13.0 Å². The molecule has 0 unspecified atom stereocenters. The molecule has 0 radical (unpaired) electrons. The molecule has 1 N–H and O–H groups in total. The first-order valence-corrected chi connectivity index (χ1v) is 6.07. The van der Waals surface area contributed by atoms with Crippen LogP contribution in [0.25, 0.3) is 0 Å². The molecule has 0 saturated carbocycles. The largest absolute Gasteiger partial charge is 0.467 e. The first-order valence-electron chi connectivity index (χ1n) is 6.07. The van der Waals surface area contributed by atoms with E-state index < -0.39 is 0 Å². The van der Waals surface area contributed by atoms with Crippen LogP contribution in [0.5, 0.6) is 0 Å². The standard InChI is InChI=1S/C15H19NO/c1-4-13-5-6-14(9-12(13)3)16-10-15-11(2)7-8-17-15/h5-9,16H,4,10H2,1-3H3. The lowest BCUT2D eigenvalue weighted by atomic mass is 10.1. The monoisotopic (exact) mass is 229 g/mol. The van der Waals surface area contributed by atoms with Crippen molar-refractivity contribution in [1.29, 1.82) is 0 Å². The molecule has 1 heterocycles. The number of furan rings is 1. The number of aryl methyl sites for hydroxylation is 3. The Morgan fingerprint density at radius 2 is 1.94 bits per heavy atom. The molecule has 2 aromatic rings. The van der Waals surface area contributed by atoms with Gasteiger partial charge in [0.2, 0.25) is 0 Å². The highest BCUT2D eigenvalue weighted by Gasteiger charge is 2.02. The van der Waals surface area contributed by atoms with Crippen LogP contribution in [0.4, 0.5) is 5.69 Å². The summed E-state index contributed by atoms with van der Waals surface area (Å²) in [7, 11) is 0. The first kappa shape index (κ1) is 11.8. The minimum atomic E-state index is 0.740. The van der Waals surface area contributed by atoms with E-state index in [4.69, 9.17) is 4.42 Å². The molecule has 0 aliphatic heterocycles. The van der Waals surface area contributed by atoms with Crippen LogP contribution in [0.2, 0.25) is 0 Å². The molecule has 0 atom stereocenters. The van der Waals surface area contributed by atoms with E-state index in [0.717, 1.165) is 24.4 Å². The van der Waals surface area contributed by atoms with Gasteiger partial charge in [0.05, 0.1) is 12.8 Å². The van der Waals surface area contributed by atoms with Gasteiger partial charge < -0.3 is 9.73 Å². The zero-order valence-electron chi connectivity index (χ0n) is 10.7. The lowest BCUT2D eigenvalue weighted by molar-refractivity contribution is 0.515. The van der Waals surface area contributed by atoms with Crippen LogP contribution >= 0.6 is 0 Å². The maximum absolute atomic E-state index is 5.40. The summed E-state index contributed by atoms with van der Waals surface area (Å²) in [5.74, 6) is 1.00. The van der Waals surface area contributed by atoms with Crippen LogP contribution < -0.4 is 5.32 Å². The van der Waals surface area contributed by atoms with Gasteiger partial charge in [0.25, 0.3) is 0 Å². The topological polar surface area (TPSA) is 25.2 Å². The summed E-state index contributed by atoms with van der Waals surface area (Å²) in [6.45, 7) is 7.14. The Bertz CT molecular complexity index is 499. The molecule has 0 amide bonds. The Balaban J connectivity index is 2.05. The average Bonchev–Trinajstić information content (AvgIpc) is 2.72. The lowest BCUT2D eigenvalue weighted by Crippen LogP contribution is -2.00. The fourth-order valence-corrected chi connectivity index (χ4v) is 1.97. The van der Waals surface area contributed by atoms with E-state index in [2.05, 4.69) is 44.3 Å². The summed E-state index contributed by atoms with van der Waals surface area (Å²) in [5.41, 5.74) is 5.09. The molecule has 2 heteroatoms. The van der Waals surface area contributed by atoms with Crippen molar-refractivity contribution in [3.8, 4) is 0 Å². The van der Waals surface area contributed by atoms with Crippen molar-refractivity contribution in [2.24, 2.45) is 0 Å². The molecule has 2 rings (SSSR count). The predicted octanol–water partition coefficient (Wildman–Crippen LogP) is 4.07. The maximum Gasteiger partial charge on any atom is 0.125 e. The van der Waals surface area contributed by atoms with E-state index in [0.29, 0.717) is 0 Å². The molecule has 1 aromatic heterocycles. The summed E-state index contributed by atoms with van der Waals surface area (Å²) in [6.07, 6.45) is 2.82. The van der Waals surface area contributed by atoms with E-state index in [1.165, 1.54) is 16.7 Å². The van der Waals surface area contributed by atoms with E-state index >= 15 is 0 Å². The number of benzene rings is 1. The van der Waals surface area contributed by atoms with Gasteiger partial charge in [-0.2, -0.15) is 0 Å². The normalized spacial score (nSPS) is 10.5. The highest BCUT2D eigenvalue weighted by Crippen LogP contribution is 2.17. The van der Waals surface area contributed by atoms with Crippen molar-refractivity contribution >= 4 is 5.69 Å². The molecule has 0 fully saturated rings. The lowest BCUT2D eigenvalue weighted by Gasteiger charge is -2.09. The summed E-state index contributed by atoms with van der Waals surface area (Å²) in [6, 6.07) is 8.50. The number of nitrogens with one attached hydrogen (secondary N) is 1. The van der Waals surface area contributed by atoms with Gasteiger partial charge in [-0.25, -0.2) is 0 Å².